The van der Waals surface area contributed by atoms with Crippen LogP contribution in [0, 0.1) is 13.8 Å². The molecule has 0 aliphatic carbocycles. The summed E-state index contributed by atoms with van der Waals surface area (Å²) < 4.78 is 5.54. The van der Waals surface area contributed by atoms with E-state index in [1.165, 1.54) is 16.2 Å². The van der Waals surface area contributed by atoms with Crippen LogP contribution in [0.15, 0.2) is 47.3 Å². The summed E-state index contributed by atoms with van der Waals surface area (Å²) >= 11 is 1.50. The number of rotatable bonds is 4. The van der Waals surface area contributed by atoms with Crippen LogP contribution in [-0.2, 0) is 9.59 Å². The second-order valence-corrected chi connectivity index (χ2v) is 7.36. The summed E-state index contributed by atoms with van der Waals surface area (Å²) in [7, 11) is 0. The third kappa shape index (κ3) is 3.48. The Morgan fingerprint density at radius 3 is 2.75 bits per heavy atom. The van der Waals surface area contributed by atoms with Gasteiger partial charge in [-0.25, -0.2) is 4.98 Å². The van der Waals surface area contributed by atoms with Crippen molar-refractivity contribution in [3.63, 3.8) is 0 Å². The predicted octanol–water partition coefficient (Wildman–Crippen LogP) is 3.79. The monoisotopic (exact) mass is 393 g/mol. The van der Waals surface area contributed by atoms with Gasteiger partial charge in [-0.05, 0) is 43.2 Å². The molecule has 2 aromatic carbocycles. The van der Waals surface area contributed by atoms with E-state index in [0.29, 0.717) is 11.4 Å². The molecular formula is C21H19N3O3S. The van der Waals surface area contributed by atoms with E-state index in [2.05, 4.69) is 10.3 Å². The number of para-hydroxylation sites is 1. The number of aromatic nitrogens is 1. The summed E-state index contributed by atoms with van der Waals surface area (Å²) in [6.07, 6.45) is 0. The number of benzene rings is 2. The Kier molecular flexibility index (Phi) is 4.83. The molecule has 0 unspecified atom stereocenters. The second-order valence-electron chi connectivity index (χ2n) is 6.64. The highest BCUT2D eigenvalue weighted by molar-refractivity contribution is 7.07. The van der Waals surface area contributed by atoms with E-state index in [-0.39, 0.29) is 25.0 Å². The van der Waals surface area contributed by atoms with Crippen LogP contribution in [0.1, 0.15) is 11.1 Å². The maximum absolute atomic E-state index is 12.7. The number of carbonyl (C=O) groups excluding carboxylic acids is 2. The fourth-order valence-corrected chi connectivity index (χ4v) is 3.79. The molecule has 1 aliphatic rings. The molecule has 0 bridgehead atoms. The first-order valence-corrected chi connectivity index (χ1v) is 9.79. The molecule has 4 rings (SSSR count). The Morgan fingerprint density at radius 2 is 2.04 bits per heavy atom. The molecule has 0 saturated heterocycles. The minimum Gasteiger partial charge on any atom is -0.482 e. The Morgan fingerprint density at radius 1 is 1.25 bits per heavy atom. The van der Waals surface area contributed by atoms with Crippen molar-refractivity contribution in [2.45, 2.75) is 13.8 Å². The molecule has 28 heavy (non-hydrogen) atoms. The number of aryl methyl sites for hydroxylation is 2. The lowest BCUT2D eigenvalue weighted by molar-refractivity contribution is -0.123. The van der Waals surface area contributed by atoms with E-state index < -0.39 is 0 Å². The van der Waals surface area contributed by atoms with Gasteiger partial charge in [-0.2, -0.15) is 0 Å². The summed E-state index contributed by atoms with van der Waals surface area (Å²) in [5.41, 5.74) is 6.78. The molecule has 0 spiro atoms. The number of ether oxygens (including phenoxy) is 1. The number of nitrogens with one attached hydrogen (secondary N) is 1. The number of hydrogen-bond acceptors (Lipinski definition) is 5. The van der Waals surface area contributed by atoms with Gasteiger partial charge in [0.05, 0.1) is 16.9 Å². The van der Waals surface area contributed by atoms with Gasteiger partial charge in [0, 0.05) is 16.6 Å². The fourth-order valence-electron chi connectivity index (χ4n) is 3.22. The molecule has 1 aromatic heterocycles. The Bertz CT molecular complexity index is 1030. The predicted molar refractivity (Wildman–Crippen MR) is 110 cm³/mol. The van der Waals surface area contributed by atoms with Gasteiger partial charge < -0.3 is 10.1 Å². The highest BCUT2D eigenvalue weighted by Crippen LogP contribution is 2.36. The van der Waals surface area contributed by atoms with Crippen LogP contribution >= 0.6 is 11.3 Å². The quantitative estimate of drug-likeness (QED) is 0.732. The standard InChI is InChI=1S/C21H19N3O3S/c1-13-4-3-5-14(2)21(13)23-19(25)9-24-17-8-15(16-11-28-12-22-16)6-7-18(17)27-10-20(24)26/h3-8,11-12H,9-10H2,1-2H3,(H,23,25). The highest BCUT2D eigenvalue weighted by atomic mass is 32.1. The van der Waals surface area contributed by atoms with Crippen molar-refractivity contribution in [3.05, 3.63) is 58.4 Å². The van der Waals surface area contributed by atoms with E-state index >= 15 is 0 Å². The third-order valence-electron chi connectivity index (χ3n) is 4.68. The number of amides is 2. The van der Waals surface area contributed by atoms with Gasteiger partial charge in [0.2, 0.25) is 5.91 Å². The van der Waals surface area contributed by atoms with Crippen LogP contribution in [0.5, 0.6) is 5.75 Å². The van der Waals surface area contributed by atoms with Crippen LogP contribution in [-0.4, -0.2) is 29.9 Å². The summed E-state index contributed by atoms with van der Waals surface area (Å²) in [4.78, 5) is 31.0. The second kappa shape index (κ2) is 7.44. The van der Waals surface area contributed by atoms with E-state index in [1.807, 2.05) is 55.6 Å². The first kappa shape index (κ1) is 18.2. The molecule has 0 saturated carbocycles. The molecule has 1 N–H and O–H groups in total. The summed E-state index contributed by atoms with van der Waals surface area (Å²) in [6, 6.07) is 11.4. The van der Waals surface area contributed by atoms with E-state index in [0.717, 1.165) is 28.1 Å². The summed E-state index contributed by atoms with van der Waals surface area (Å²) in [6.45, 7) is 3.72. The van der Waals surface area contributed by atoms with E-state index in [1.54, 1.807) is 5.51 Å². The molecule has 2 amide bonds. The van der Waals surface area contributed by atoms with Crippen molar-refractivity contribution in [1.82, 2.24) is 4.98 Å². The summed E-state index contributed by atoms with van der Waals surface area (Å²) in [5, 5.41) is 4.87. The zero-order chi connectivity index (χ0) is 19.7. The third-order valence-corrected chi connectivity index (χ3v) is 5.26. The molecule has 7 heteroatoms. The number of carbonyl (C=O) groups is 2. The summed E-state index contributed by atoms with van der Waals surface area (Å²) in [5.74, 6) is 0.0793. The van der Waals surface area contributed by atoms with Crippen molar-refractivity contribution in [2.75, 3.05) is 23.4 Å². The van der Waals surface area contributed by atoms with Crippen molar-refractivity contribution < 1.29 is 14.3 Å². The highest BCUT2D eigenvalue weighted by Gasteiger charge is 2.28. The molecule has 0 atom stereocenters. The molecule has 0 radical (unpaired) electrons. The van der Waals surface area contributed by atoms with Crippen molar-refractivity contribution >= 4 is 34.5 Å². The zero-order valence-electron chi connectivity index (χ0n) is 15.6. The lowest BCUT2D eigenvalue weighted by Crippen LogP contribution is -2.43. The van der Waals surface area contributed by atoms with E-state index in [9.17, 15) is 9.59 Å². The fraction of sp³-hybridized carbons (Fsp3) is 0.190. The number of thiazole rings is 1. The van der Waals surface area contributed by atoms with Crippen LogP contribution in [0.2, 0.25) is 0 Å². The molecule has 1 aliphatic heterocycles. The molecule has 6 nitrogen and oxygen atoms in total. The first-order chi connectivity index (χ1) is 13.5. The lowest BCUT2D eigenvalue weighted by atomic mass is 10.1. The molecule has 3 aromatic rings. The Hall–Kier alpha value is -3.19. The SMILES string of the molecule is Cc1cccc(C)c1NC(=O)CN1C(=O)COc2ccc(-c3cscn3)cc21. The van der Waals surface area contributed by atoms with Gasteiger partial charge in [0.25, 0.3) is 5.91 Å². The Balaban J connectivity index is 1.60. The smallest absolute Gasteiger partial charge is 0.265 e. The van der Waals surface area contributed by atoms with Gasteiger partial charge in [-0.3, -0.25) is 14.5 Å². The minimum atomic E-state index is -0.252. The van der Waals surface area contributed by atoms with Gasteiger partial charge in [0.15, 0.2) is 6.61 Å². The van der Waals surface area contributed by atoms with Gasteiger partial charge in [-0.1, -0.05) is 18.2 Å². The van der Waals surface area contributed by atoms with Crippen molar-refractivity contribution in [1.29, 1.82) is 0 Å². The van der Waals surface area contributed by atoms with Crippen LogP contribution in [0.3, 0.4) is 0 Å². The number of anilines is 2. The first-order valence-electron chi connectivity index (χ1n) is 8.85. The van der Waals surface area contributed by atoms with Gasteiger partial charge in [0.1, 0.15) is 12.3 Å². The van der Waals surface area contributed by atoms with Crippen LogP contribution < -0.4 is 15.0 Å². The largest absolute Gasteiger partial charge is 0.482 e. The normalized spacial score (nSPS) is 13.1. The van der Waals surface area contributed by atoms with Gasteiger partial charge in [-0.15, -0.1) is 11.3 Å². The van der Waals surface area contributed by atoms with Crippen LogP contribution in [0.4, 0.5) is 11.4 Å². The van der Waals surface area contributed by atoms with Crippen molar-refractivity contribution in [3.8, 4) is 17.0 Å². The molecule has 2 heterocycles. The average molecular weight is 393 g/mol. The number of hydrogen-bond donors (Lipinski definition) is 1. The maximum Gasteiger partial charge on any atom is 0.265 e. The number of fused-ring (bicyclic) bond motifs is 1. The molecular weight excluding hydrogens is 374 g/mol. The Labute approximate surface area is 166 Å². The van der Waals surface area contributed by atoms with E-state index in [4.69, 9.17) is 4.74 Å². The lowest BCUT2D eigenvalue weighted by Gasteiger charge is -2.29. The minimum absolute atomic E-state index is 0.0799. The topological polar surface area (TPSA) is 71.5 Å². The van der Waals surface area contributed by atoms with Gasteiger partial charge >= 0.3 is 0 Å². The number of nitrogens with zero attached hydrogens (tertiary/aromatic N) is 2. The molecule has 142 valence electrons. The van der Waals surface area contributed by atoms with Crippen molar-refractivity contribution in [2.24, 2.45) is 0 Å². The maximum atomic E-state index is 12.7. The zero-order valence-corrected chi connectivity index (χ0v) is 16.4. The molecule has 0 fully saturated rings. The average Bonchev–Trinajstić information content (AvgIpc) is 3.22. The van der Waals surface area contributed by atoms with Crippen LogP contribution in [0.25, 0.3) is 11.3 Å².